The summed E-state index contributed by atoms with van der Waals surface area (Å²) in [6.07, 6.45) is 0.381. The largest absolute Gasteiger partial charge is 0.361 e. The van der Waals surface area contributed by atoms with E-state index in [0.717, 1.165) is 0 Å². The van der Waals surface area contributed by atoms with Crippen molar-refractivity contribution in [3.05, 3.63) is 53.5 Å². The molecule has 0 fully saturated rings. The molecule has 0 aliphatic heterocycles. The highest BCUT2D eigenvalue weighted by molar-refractivity contribution is 5.95. The second-order valence-corrected chi connectivity index (χ2v) is 8.10. The molecule has 0 unspecified atom stereocenters. The highest BCUT2D eigenvalue weighted by Gasteiger charge is 2.21. The van der Waals surface area contributed by atoms with Crippen molar-refractivity contribution in [3.63, 3.8) is 0 Å². The summed E-state index contributed by atoms with van der Waals surface area (Å²) >= 11 is 0. The summed E-state index contributed by atoms with van der Waals surface area (Å²) in [5, 5.41) is 13.0. The van der Waals surface area contributed by atoms with Crippen molar-refractivity contribution in [1.29, 1.82) is 0 Å². The van der Waals surface area contributed by atoms with Crippen LogP contribution >= 0.6 is 0 Å². The minimum absolute atomic E-state index is 0.107. The summed E-state index contributed by atoms with van der Waals surface area (Å²) in [5.74, 6) is 0.206. The third kappa shape index (κ3) is 5.65. The SMILES string of the molecule is CC(=O)c1cc(CCNC(=O)c2cc(-c3cccc(NC(=O)C(C)(C)C)c3)on2)on1. The molecule has 0 aliphatic carbocycles. The lowest BCUT2D eigenvalue weighted by Crippen LogP contribution is -2.27. The fourth-order valence-electron chi connectivity index (χ4n) is 2.57. The van der Waals surface area contributed by atoms with Crippen LogP contribution in [-0.4, -0.2) is 34.5 Å². The van der Waals surface area contributed by atoms with E-state index in [1.807, 2.05) is 20.8 Å². The second kappa shape index (κ2) is 8.95. The van der Waals surface area contributed by atoms with Crippen molar-refractivity contribution in [2.24, 2.45) is 5.41 Å². The average Bonchev–Trinajstić information content (AvgIpc) is 3.37. The molecule has 0 aliphatic rings. The van der Waals surface area contributed by atoms with E-state index >= 15 is 0 Å². The lowest BCUT2D eigenvalue weighted by molar-refractivity contribution is -0.123. The number of anilines is 1. The van der Waals surface area contributed by atoms with Crippen LogP contribution in [0.5, 0.6) is 0 Å². The lowest BCUT2D eigenvalue weighted by atomic mass is 9.95. The van der Waals surface area contributed by atoms with Gasteiger partial charge in [-0.3, -0.25) is 14.4 Å². The maximum atomic E-state index is 12.3. The van der Waals surface area contributed by atoms with Gasteiger partial charge in [-0.05, 0) is 12.1 Å². The number of ketones is 1. The monoisotopic (exact) mass is 424 g/mol. The van der Waals surface area contributed by atoms with E-state index in [-0.39, 0.29) is 29.6 Å². The Labute approximate surface area is 179 Å². The molecule has 2 heterocycles. The summed E-state index contributed by atoms with van der Waals surface area (Å²) < 4.78 is 10.4. The van der Waals surface area contributed by atoms with Gasteiger partial charge in [0.2, 0.25) is 5.91 Å². The fraction of sp³-hybridized carbons (Fsp3) is 0.318. The Bertz CT molecular complexity index is 1110. The highest BCUT2D eigenvalue weighted by atomic mass is 16.5. The Balaban J connectivity index is 1.60. The number of hydrogen-bond acceptors (Lipinski definition) is 7. The van der Waals surface area contributed by atoms with Gasteiger partial charge in [0.05, 0.1) is 0 Å². The fourth-order valence-corrected chi connectivity index (χ4v) is 2.57. The van der Waals surface area contributed by atoms with Crippen LogP contribution in [0, 0.1) is 5.41 Å². The van der Waals surface area contributed by atoms with Gasteiger partial charge in [-0.25, -0.2) is 0 Å². The maximum absolute atomic E-state index is 12.3. The van der Waals surface area contributed by atoms with Crippen LogP contribution in [0.3, 0.4) is 0 Å². The second-order valence-electron chi connectivity index (χ2n) is 8.10. The van der Waals surface area contributed by atoms with Crippen molar-refractivity contribution in [2.75, 3.05) is 11.9 Å². The zero-order chi connectivity index (χ0) is 22.6. The van der Waals surface area contributed by atoms with Crippen LogP contribution in [0.15, 0.2) is 45.4 Å². The smallest absolute Gasteiger partial charge is 0.273 e. The van der Waals surface area contributed by atoms with Gasteiger partial charge in [0.15, 0.2) is 17.2 Å². The maximum Gasteiger partial charge on any atom is 0.273 e. The number of nitrogens with one attached hydrogen (secondary N) is 2. The molecule has 2 amide bonds. The van der Waals surface area contributed by atoms with Crippen LogP contribution in [0.2, 0.25) is 0 Å². The molecule has 1 aromatic carbocycles. The summed E-state index contributed by atoms with van der Waals surface area (Å²) in [6.45, 7) is 7.18. The van der Waals surface area contributed by atoms with Crippen LogP contribution in [0.25, 0.3) is 11.3 Å². The van der Waals surface area contributed by atoms with Crippen molar-refractivity contribution in [2.45, 2.75) is 34.1 Å². The molecule has 31 heavy (non-hydrogen) atoms. The Kier molecular flexibility index (Phi) is 6.33. The van der Waals surface area contributed by atoms with E-state index < -0.39 is 11.3 Å². The van der Waals surface area contributed by atoms with E-state index in [0.29, 0.717) is 29.2 Å². The lowest BCUT2D eigenvalue weighted by Gasteiger charge is -2.17. The van der Waals surface area contributed by atoms with Crippen LogP contribution in [0.1, 0.15) is 54.4 Å². The van der Waals surface area contributed by atoms with E-state index in [2.05, 4.69) is 20.9 Å². The number of amides is 2. The Morgan fingerprint density at radius 3 is 2.42 bits per heavy atom. The van der Waals surface area contributed by atoms with Crippen LogP contribution in [-0.2, 0) is 11.2 Å². The predicted octanol–water partition coefficient (Wildman–Crippen LogP) is 3.49. The summed E-state index contributed by atoms with van der Waals surface area (Å²) in [4.78, 5) is 35.7. The molecule has 0 saturated carbocycles. The molecule has 3 rings (SSSR count). The van der Waals surface area contributed by atoms with Crippen molar-refractivity contribution in [3.8, 4) is 11.3 Å². The summed E-state index contributed by atoms with van der Waals surface area (Å²) in [5.41, 5.74) is 1.16. The van der Waals surface area contributed by atoms with Gasteiger partial charge in [0.1, 0.15) is 11.5 Å². The quantitative estimate of drug-likeness (QED) is 0.556. The molecule has 162 valence electrons. The van der Waals surface area contributed by atoms with Gasteiger partial charge in [-0.1, -0.05) is 43.2 Å². The number of benzene rings is 1. The first kappa shape index (κ1) is 21.9. The topological polar surface area (TPSA) is 127 Å². The molecule has 0 spiro atoms. The molecule has 0 radical (unpaired) electrons. The van der Waals surface area contributed by atoms with E-state index in [1.54, 1.807) is 30.3 Å². The van der Waals surface area contributed by atoms with Gasteiger partial charge in [0.25, 0.3) is 5.91 Å². The molecule has 9 heteroatoms. The Morgan fingerprint density at radius 2 is 1.74 bits per heavy atom. The Hall–Kier alpha value is -3.75. The molecule has 9 nitrogen and oxygen atoms in total. The average molecular weight is 424 g/mol. The molecular weight excluding hydrogens is 400 g/mol. The third-order valence-corrected chi connectivity index (χ3v) is 4.41. The van der Waals surface area contributed by atoms with E-state index in [1.165, 1.54) is 13.0 Å². The normalized spacial score (nSPS) is 11.2. The number of aromatic nitrogens is 2. The van der Waals surface area contributed by atoms with Crippen LogP contribution < -0.4 is 10.6 Å². The zero-order valence-electron chi connectivity index (χ0n) is 17.8. The first-order chi connectivity index (χ1) is 14.6. The van der Waals surface area contributed by atoms with E-state index in [4.69, 9.17) is 9.05 Å². The first-order valence-electron chi connectivity index (χ1n) is 9.77. The third-order valence-electron chi connectivity index (χ3n) is 4.41. The van der Waals surface area contributed by atoms with Gasteiger partial charge in [-0.2, -0.15) is 0 Å². The van der Waals surface area contributed by atoms with Gasteiger partial charge >= 0.3 is 0 Å². The molecule has 3 aromatic rings. The van der Waals surface area contributed by atoms with Crippen molar-refractivity contribution >= 4 is 23.3 Å². The minimum atomic E-state index is -0.521. The summed E-state index contributed by atoms with van der Waals surface area (Å²) in [7, 11) is 0. The molecule has 0 atom stereocenters. The molecule has 0 bridgehead atoms. The van der Waals surface area contributed by atoms with Crippen molar-refractivity contribution in [1.82, 2.24) is 15.6 Å². The molecule has 2 N–H and O–H groups in total. The number of rotatable bonds is 7. The minimum Gasteiger partial charge on any atom is -0.361 e. The van der Waals surface area contributed by atoms with E-state index in [9.17, 15) is 14.4 Å². The zero-order valence-corrected chi connectivity index (χ0v) is 17.8. The molecule has 2 aromatic heterocycles. The number of carbonyl (C=O) groups excluding carboxylic acids is 3. The standard InChI is InChI=1S/C22H24N4O5/c1-13(27)17-11-16(30-25-17)8-9-23-20(28)18-12-19(31-26-18)14-6-5-7-15(10-14)24-21(29)22(2,3)4/h5-7,10-12H,8-9H2,1-4H3,(H,23,28)(H,24,29). The number of Topliss-reactive ketones (excluding diaryl/α,β-unsaturated/α-hetero) is 1. The number of nitrogens with zero attached hydrogens (tertiary/aromatic N) is 2. The molecule has 0 saturated heterocycles. The summed E-state index contributed by atoms with van der Waals surface area (Å²) in [6, 6.07) is 10.2. The van der Waals surface area contributed by atoms with Crippen molar-refractivity contribution < 1.29 is 23.4 Å². The van der Waals surface area contributed by atoms with Gasteiger partial charge < -0.3 is 19.7 Å². The van der Waals surface area contributed by atoms with Gasteiger partial charge in [0, 0.05) is 48.7 Å². The van der Waals surface area contributed by atoms with Gasteiger partial charge in [-0.15, -0.1) is 0 Å². The highest BCUT2D eigenvalue weighted by Crippen LogP contribution is 2.25. The number of hydrogen-bond donors (Lipinski definition) is 2. The first-order valence-corrected chi connectivity index (χ1v) is 9.77. The predicted molar refractivity (Wildman–Crippen MR) is 113 cm³/mol. The number of carbonyl (C=O) groups is 3. The Morgan fingerprint density at radius 1 is 1.00 bits per heavy atom. The van der Waals surface area contributed by atoms with Crippen LogP contribution in [0.4, 0.5) is 5.69 Å². The molecular formula is C22H24N4O5.